The van der Waals surface area contributed by atoms with Crippen LogP contribution in [-0.2, 0) is 11.2 Å². The Bertz CT molecular complexity index is 1170. The number of nitrogen functional groups attached to an aromatic ring is 1. The predicted molar refractivity (Wildman–Crippen MR) is 155 cm³/mol. The second kappa shape index (κ2) is 12.0. The summed E-state index contributed by atoms with van der Waals surface area (Å²) in [6.07, 6.45) is 3.12. The van der Waals surface area contributed by atoms with E-state index < -0.39 is 0 Å². The number of hydrogen-bond donors (Lipinski definition) is 2. The Morgan fingerprint density at radius 2 is 1.92 bits per heavy atom. The van der Waals surface area contributed by atoms with E-state index in [0.29, 0.717) is 11.9 Å². The number of anilines is 2. The van der Waals surface area contributed by atoms with Crippen LogP contribution in [0.15, 0.2) is 18.2 Å². The lowest BCUT2D eigenvalue weighted by molar-refractivity contribution is 0.0269. The van der Waals surface area contributed by atoms with Gasteiger partial charge in [-0.1, -0.05) is 27.7 Å². The van der Waals surface area contributed by atoms with Gasteiger partial charge in [0.2, 0.25) is 0 Å². The summed E-state index contributed by atoms with van der Waals surface area (Å²) in [6, 6.07) is 7.10. The zero-order valence-electron chi connectivity index (χ0n) is 23.8. The van der Waals surface area contributed by atoms with Crippen LogP contribution in [0.25, 0.3) is 21.9 Å². The molecule has 37 heavy (non-hydrogen) atoms. The summed E-state index contributed by atoms with van der Waals surface area (Å²) in [5.74, 6) is 1.50. The van der Waals surface area contributed by atoms with Crippen LogP contribution in [0.2, 0.25) is 0 Å². The minimum absolute atomic E-state index is 0.132. The van der Waals surface area contributed by atoms with E-state index in [2.05, 4.69) is 84.5 Å². The third kappa shape index (κ3) is 6.72. The lowest BCUT2D eigenvalue weighted by Crippen LogP contribution is -2.49. The molecule has 3 N–H and O–H groups in total. The maximum atomic E-state index is 6.24. The lowest BCUT2D eigenvalue weighted by Gasteiger charge is -2.39. The number of ether oxygens (including phenoxy) is 1. The van der Waals surface area contributed by atoms with E-state index in [4.69, 9.17) is 15.5 Å². The fourth-order valence-corrected chi connectivity index (χ4v) is 5.26. The number of hydrogen-bond acceptors (Lipinski definition) is 7. The number of H-pyrrole nitrogens is 1. The van der Waals surface area contributed by atoms with Crippen LogP contribution in [0.4, 0.5) is 11.5 Å². The van der Waals surface area contributed by atoms with Crippen LogP contribution in [0, 0.1) is 5.41 Å². The quantitative estimate of drug-likeness (QED) is 0.347. The molecule has 0 spiro atoms. The molecule has 3 heterocycles. The van der Waals surface area contributed by atoms with Gasteiger partial charge in [0.25, 0.3) is 0 Å². The molecular formula is C29H47N7O. The number of fused-ring (bicyclic) bond motifs is 3. The topological polar surface area (TPSA) is 86.5 Å². The number of piperazine rings is 1. The molecule has 1 aliphatic rings. The van der Waals surface area contributed by atoms with Crippen molar-refractivity contribution in [2.24, 2.45) is 5.41 Å². The summed E-state index contributed by atoms with van der Waals surface area (Å²) < 4.78 is 6.10. The van der Waals surface area contributed by atoms with Gasteiger partial charge in [-0.25, -0.2) is 9.97 Å². The van der Waals surface area contributed by atoms with Gasteiger partial charge in [0.1, 0.15) is 22.7 Å². The zero-order valence-corrected chi connectivity index (χ0v) is 23.8. The number of nitrogens with zero attached hydrogens (tertiary/aromatic N) is 5. The first kappa shape index (κ1) is 27.6. The van der Waals surface area contributed by atoms with Crippen LogP contribution < -0.4 is 10.6 Å². The zero-order chi connectivity index (χ0) is 26.6. The smallest absolute Gasteiger partial charge is 0.150 e. The molecule has 1 fully saturated rings. The van der Waals surface area contributed by atoms with Gasteiger partial charge in [0.05, 0.1) is 18.7 Å². The minimum Gasteiger partial charge on any atom is -0.382 e. The van der Waals surface area contributed by atoms with Gasteiger partial charge in [-0.2, -0.15) is 0 Å². The van der Waals surface area contributed by atoms with Crippen LogP contribution in [-0.4, -0.2) is 90.3 Å². The number of nitrogens with one attached hydrogen (secondary N) is 1. The second-order valence-electron chi connectivity index (χ2n) is 11.6. The number of rotatable bonds is 12. The van der Waals surface area contributed by atoms with Gasteiger partial charge in [-0.3, -0.25) is 4.90 Å². The third-order valence-electron chi connectivity index (χ3n) is 7.79. The summed E-state index contributed by atoms with van der Waals surface area (Å²) >= 11 is 0. The number of pyridine rings is 1. The predicted octanol–water partition coefficient (Wildman–Crippen LogP) is 4.54. The number of aryl methyl sites for hydroxylation is 1. The van der Waals surface area contributed by atoms with Crippen LogP contribution in [0.5, 0.6) is 0 Å². The van der Waals surface area contributed by atoms with E-state index >= 15 is 0 Å². The largest absolute Gasteiger partial charge is 0.382 e. The molecule has 0 amide bonds. The highest BCUT2D eigenvalue weighted by Crippen LogP contribution is 2.30. The Balaban J connectivity index is 1.33. The van der Waals surface area contributed by atoms with Gasteiger partial charge >= 0.3 is 0 Å². The number of likely N-dealkylation sites (N-methyl/N-ethyl adjacent to an activating group) is 1. The Morgan fingerprint density at radius 1 is 1.16 bits per heavy atom. The molecule has 1 aromatic carbocycles. The normalized spacial score (nSPS) is 16.4. The first-order valence-electron chi connectivity index (χ1n) is 14.0. The summed E-state index contributed by atoms with van der Waals surface area (Å²) in [6.45, 7) is 19.1. The second-order valence-corrected chi connectivity index (χ2v) is 11.6. The summed E-state index contributed by atoms with van der Waals surface area (Å²) in [5.41, 5.74) is 10.3. The lowest BCUT2D eigenvalue weighted by atomic mass is 9.93. The first-order valence-corrected chi connectivity index (χ1v) is 14.0. The van der Waals surface area contributed by atoms with Crippen molar-refractivity contribution in [3.05, 3.63) is 24.0 Å². The number of aromatic amines is 1. The number of aromatic nitrogens is 3. The van der Waals surface area contributed by atoms with E-state index in [1.54, 1.807) is 0 Å². The van der Waals surface area contributed by atoms with E-state index in [0.717, 1.165) is 93.1 Å². The van der Waals surface area contributed by atoms with Crippen molar-refractivity contribution in [1.82, 2.24) is 24.8 Å². The standard InChI is InChI=1S/C29H47N7O/c1-7-9-25-32-26-23-18-22(10-11-24(23)31-28(30)27(26)33-25)36-14-12-35(13-15-36)19-29(4,5)20-37-17-16-34(6)21(3)8-2/h10-11,18,21H,7-9,12-17,19-20H2,1-6H3,(H2,30,31)(H,32,33). The highest BCUT2D eigenvalue weighted by atomic mass is 16.5. The monoisotopic (exact) mass is 509 g/mol. The highest BCUT2D eigenvalue weighted by Gasteiger charge is 2.26. The first-order chi connectivity index (χ1) is 17.7. The highest BCUT2D eigenvalue weighted by molar-refractivity contribution is 6.07. The van der Waals surface area contributed by atoms with E-state index in [1.165, 1.54) is 12.1 Å². The van der Waals surface area contributed by atoms with Crippen molar-refractivity contribution in [3.8, 4) is 0 Å². The Kier molecular flexibility index (Phi) is 8.93. The molecular weight excluding hydrogens is 462 g/mol. The SMILES string of the molecule is CCCc1nc2c([nH]1)c(N)nc1ccc(N3CCN(CC(C)(C)COCCN(C)C(C)CC)CC3)cc12. The molecule has 0 bridgehead atoms. The maximum Gasteiger partial charge on any atom is 0.150 e. The molecule has 3 aromatic rings. The van der Waals surface area contributed by atoms with Crippen LogP contribution >= 0.6 is 0 Å². The number of benzene rings is 1. The van der Waals surface area contributed by atoms with Gasteiger partial charge in [0.15, 0.2) is 0 Å². The molecule has 4 rings (SSSR count). The van der Waals surface area contributed by atoms with E-state index in [-0.39, 0.29) is 5.41 Å². The molecule has 0 radical (unpaired) electrons. The molecule has 0 aliphatic carbocycles. The Labute approximate surface area is 222 Å². The van der Waals surface area contributed by atoms with Gasteiger partial charge < -0.3 is 25.3 Å². The molecule has 204 valence electrons. The molecule has 2 aromatic heterocycles. The molecule has 1 unspecified atom stereocenters. The third-order valence-corrected chi connectivity index (χ3v) is 7.79. The van der Waals surface area contributed by atoms with Gasteiger partial charge in [-0.15, -0.1) is 0 Å². The van der Waals surface area contributed by atoms with Crippen LogP contribution in [0.1, 0.15) is 53.3 Å². The summed E-state index contributed by atoms with van der Waals surface area (Å²) in [5, 5.41) is 1.07. The van der Waals surface area contributed by atoms with Crippen molar-refractivity contribution in [2.75, 3.05) is 70.2 Å². The average Bonchev–Trinajstić information content (AvgIpc) is 3.31. The molecule has 1 aliphatic heterocycles. The van der Waals surface area contributed by atoms with E-state index in [9.17, 15) is 0 Å². The summed E-state index contributed by atoms with van der Waals surface area (Å²) in [4.78, 5) is 20.3. The van der Waals surface area contributed by atoms with E-state index in [1.807, 2.05) is 0 Å². The Hall–Kier alpha value is -2.42. The fourth-order valence-electron chi connectivity index (χ4n) is 5.26. The number of imidazole rings is 1. The van der Waals surface area contributed by atoms with Crippen LogP contribution in [0.3, 0.4) is 0 Å². The average molecular weight is 510 g/mol. The molecule has 8 nitrogen and oxygen atoms in total. The van der Waals surface area contributed by atoms with Crippen molar-refractivity contribution in [2.45, 2.75) is 59.9 Å². The fraction of sp³-hybridized carbons (Fsp3) is 0.655. The minimum atomic E-state index is 0.132. The molecule has 0 saturated carbocycles. The molecule has 8 heteroatoms. The van der Waals surface area contributed by atoms with Crippen molar-refractivity contribution < 1.29 is 4.74 Å². The molecule has 1 atom stereocenters. The Morgan fingerprint density at radius 3 is 2.62 bits per heavy atom. The van der Waals surface area contributed by atoms with Crippen molar-refractivity contribution in [1.29, 1.82) is 0 Å². The van der Waals surface area contributed by atoms with Gasteiger partial charge in [0, 0.05) is 68.2 Å². The number of nitrogens with two attached hydrogens (primary N) is 1. The maximum absolute atomic E-state index is 6.24. The summed E-state index contributed by atoms with van der Waals surface area (Å²) in [7, 11) is 2.19. The molecule has 1 saturated heterocycles. The van der Waals surface area contributed by atoms with Crippen molar-refractivity contribution in [3.63, 3.8) is 0 Å². The van der Waals surface area contributed by atoms with Crippen molar-refractivity contribution >= 4 is 33.4 Å². The van der Waals surface area contributed by atoms with Gasteiger partial charge in [-0.05, 0) is 45.0 Å².